The van der Waals surface area contributed by atoms with Crippen molar-refractivity contribution >= 4 is 41.1 Å². The van der Waals surface area contributed by atoms with Gasteiger partial charge in [0.25, 0.3) is 0 Å². The SMILES string of the molecule is O=C(CN1CCN(C(=O)C=Cc2c(Cl)cccc2Cl)CC1)NC1CC1. The number of nitrogens with zero attached hydrogens (tertiary/aromatic N) is 2. The highest BCUT2D eigenvalue weighted by Crippen LogP contribution is 2.25. The summed E-state index contributed by atoms with van der Waals surface area (Å²) >= 11 is 12.2. The van der Waals surface area contributed by atoms with Crippen LogP contribution in [0.15, 0.2) is 24.3 Å². The molecule has 2 fully saturated rings. The van der Waals surface area contributed by atoms with E-state index >= 15 is 0 Å². The summed E-state index contributed by atoms with van der Waals surface area (Å²) in [6.45, 7) is 3.02. The summed E-state index contributed by atoms with van der Waals surface area (Å²) in [5.74, 6) is 0.00796. The van der Waals surface area contributed by atoms with Gasteiger partial charge in [-0.05, 0) is 31.1 Å². The Labute approximate surface area is 157 Å². The van der Waals surface area contributed by atoms with E-state index in [9.17, 15) is 9.59 Å². The van der Waals surface area contributed by atoms with Crippen molar-refractivity contribution < 1.29 is 9.59 Å². The zero-order valence-electron chi connectivity index (χ0n) is 13.9. The molecular formula is C18H21Cl2N3O2. The van der Waals surface area contributed by atoms with Crippen LogP contribution in [0.5, 0.6) is 0 Å². The number of piperazine rings is 1. The summed E-state index contributed by atoms with van der Waals surface area (Å²) in [5, 5.41) is 4.02. The van der Waals surface area contributed by atoms with Gasteiger partial charge in [-0.15, -0.1) is 0 Å². The van der Waals surface area contributed by atoms with E-state index in [-0.39, 0.29) is 11.8 Å². The van der Waals surface area contributed by atoms with E-state index in [1.807, 2.05) is 0 Å². The second-order valence-corrected chi connectivity index (χ2v) is 7.23. The average Bonchev–Trinajstić information content (AvgIpc) is 3.38. The van der Waals surface area contributed by atoms with Gasteiger partial charge >= 0.3 is 0 Å². The van der Waals surface area contributed by atoms with E-state index in [1.54, 1.807) is 29.2 Å². The van der Waals surface area contributed by atoms with Gasteiger partial charge in [-0.3, -0.25) is 14.5 Å². The molecule has 0 unspecified atom stereocenters. The van der Waals surface area contributed by atoms with Crippen LogP contribution in [0, 0.1) is 0 Å². The van der Waals surface area contributed by atoms with Gasteiger partial charge in [0, 0.05) is 53.9 Å². The monoisotopic (exact) mass is 381 g/mol. The van der Waals surface area contributed by atoms with E-state index < -0.39 is 0 Å². The zero-order valence-corrected chi connectivity index (χ0v) is 15.4. The molecule has 5 nitrogen and oxygen atoms in total. The van der Waals surface area contributed by atoms with Crippen LogP contribution >= 0.6 is 23.2 Å². The largest absolute Gasteiger partial charge is 0.352 e. The minimum absolute atomic E-state index is 0.0712. The second-order valence-electron chi connectivity index (χ2n) is 6.41. The Bertz CT molecular complexity index is 661. The molecular weight excluding hydrogens is 361 g/mol. The van der Waals surface area contributed by atoms with Crippen LogP contribution in [0.1, 0.15) is 18.4 Å². The number of rotatable bonds is 5. The van der Waals surface area contributed by atoms with Crippen LogP contribution < -0.4 is 5.32 Å². The molecule has 0 bridgehead atoms. The van der Waals surface area contributed by atoms with Crippen LogP contribution in [0.4, 0.5) is 0 Å². The van der Waals surface area contributed by atoms with E-state index in [2.05, 4.69) is 10.2 Å². The molecule has 1 aromatic carbocycles. The maximum Gasteiger partial charge on any atom is 0.246 e. The van der Waals surface area contributed by atoms with Crippen molar-refractivity contribution in [1.82, 2.24) is 15.1 Å². The fourth-order valence-electron chi connectivity index (χ4n) is 2.76. The number of carbonyl (C=O) groups excluding carboxylic acids is 2. The molecule has 1 saturated heterocycles. The molecule has 2 aliphatic rings. The smallest absolute Gasteiger partial charge is 0.246 e. The Kier molecular flexibility index (Phi) is 5.99. The fraction of sp³-hybridized carbons (Fsp3) is 0.444. The third-order valence-corrected chi connectivity index (χ3v) is 5.05. The Hall–Kier alpha value is -1.56. The molecule has 1 aliphatic heterocycles. The molecule has 0 aromatic heterocycles. The number of benzene rings is 1. The highest BCUT2D eigenvalue weighted by atomic mass is 35.5. The predicted molar refractivity (Wildman–Crippen MR) is 99.7 cm³/mol. The molecule has 25 heavy (non-hydrogen) atoms. The first-order valence-corrected chi connectivity index (χ1v) is 9.21. The summed E-state index contributed by atoms with van der Waals surface area (Å²) in [6, 6.07) is 5.63. The Morgan fingerprint density at radius 3 is 2.36 bits per heavy atom. The Morgan fingerprint density at radius 2 is 1.76 bits per heavy atom. The number of amides is 2. The third kappa shape index (κ3) is 5.21. The van der Waals surface area contributed by atoms with Crippen molar-refractivity contribution in [2.45, 2.75) is 18.9 Å². The van der Waals surface area contributed by atoms with E-state index in [0.717, 1.165) is 12.8 Å². The van der Waals surface area contributed by atoms with Gasteiger partial charge in [0.1, 0.15) is 0 Å². The number of halogens is 2. The van der Waals surface area contributed by atoms with Crippen LogP contribution in [-0.4, -0.2) is 60.4 Å². The summed E-state index contributed by atoms with van der Waals surface area (Å²) in [5.41, 5.74) is 0.648. The lowest BCUT2D eigenvalue weighted by molar-refractivity contribution is -0.128. The zero-order chi connectivity index (χ0) is 17.8. The van der Waals surface area contributed by atoms with Gasteiger partial charge in [0.15, 0.2) is 0 Å². The molecule has 3 rings (SSSR count). The number of nitrogens with one attached hydrogen (secondary N) is 1. The molecule has 134 valence electrons. The standard InChI is InChI=1S/C18H21Cl2N3O2/c19-15-2-1-3-16(20)14(15)6-7-18(25)23-10-8-22(9-11-23)12-17(24)21-13-4-5-13/h1-3,6-7,13H,4-5,8-12H2,(H,21,24). The van der Waals surface area contributed by atoms with Crippen molar-refractivity contribution in [3.63, 3.8) is 0 Å². The van der Waals surface area contributed by atoms with Gasteiger partial charge in [0.05, 0.1) is 6.54 Å². The van der Waals surface area contributed by atoms with Crippen molar-refractivity contribution in [3.8, 4) is 0 Å². The average molecular weight is 382 g/mol. The minimum atomic E-state index is -0.0712. The lowest BCUT2D eigenvalue weighted by Crippen LogP contribution is -2.51. The number of hydrogen-bond donors (Lipinski definition) is 1. The molecule has 1 N–H and O–H groups in total. The van der Waals surface area contributed by atoms with Gasteiger partial charge in [-0.25, -0.2) is 0 Å². The molecule has 1 heterocycles. The lowest BCUT2D eigenvalue weighted by Gasteiger charge is -2.33. The molecule has 1 aliphatic carbocycles. The van der Waals surface area contributed by atoms with Crippen molar-refractivity contribution in [2.75, 3.05) is 32.7 Å². The summed E-state index contributed by atoms with van der Waals surface area (Å²) in [4.78, 5) is 28.0. The highest BCUT2D eigenvalue weighted by molar-refractivity contribution is 6.37. The van der Waals surface area contributed by atoms with Crippen LogP contribution in [0.2, 0.25) is 10.0 Å². The summed E-state index contributed by atoms with van der Waals surface area (Å²) < 4.78 is 0. The van der Waals surface area contributed by atoms with E-state index in [0.29, 0.717) is 54.4 Å². The number of hydrogen-bond acceptors (Lipinski definition) is 3. The second kappa shape index (κ2) is 8.21. The highest BCUT2D eigenvalue weighted by Gasteiger charge is 2.25. The normalized spacial score (nSPS) is 18.6. The first-order chi connectivity index (χ1) is 12.0. The van der Waals surface area contributed by atoms with Crippen LogP contribution in [0.3, 0.4) is 0 Å². The fourth-order valence-corrected chi connectivity index (χ4v) is 3.28. The maximum atomic E-state index is 12.3. The third-order valence-electron chi connectivity index (χ3n) is 4.39. The topological polar surface area (TPSA) is 52.7 Å². The van der Waals surface area contributed by atoms with Crippen LogP contribution in [-0.2, 0) is 9.59 Å². The first-order valence-electron chi connectivity index (χ1n) is 8.45. The molecule has 1 aromatic rings. The van der Waals surface area contributed by atoms with Crippen molar-refractivity contribution in [3.05, 3.63) is 39.9 Å². The Balaban J connectivity index is 1.48. The van der Waals surface area contributed by atoms with Gasteiger partial charge in [0.2, 0.25) is 11.8 Å². The predicted octanol–water partition coefficient (Wildman–Crippen LogP) is 2.43. The van der Waals surface area contributed by atoms with Crippen molar-refractivity contribution in [1.29, 1.82) is 0 Å². The van der Waals surface area contributed by atoms with Gasteiger partial charge < -0.3 is 10.2 Å². The van der Waals surface area contributed by atoms with Gasteiger partial charge in [-0.2, -0.15) is 0 Å². The first kappa shape index (κ1) is 18.2. The van der Waals surface area contributed by atoms with Crippen molar-refractivity contribution in [2.24, 2.45) is 0 Å². The molecule has 0 atom stereocenters. The molecule has 2 amide bonds. The lowest BCUT2D eigenvalue weighted by atomic mass is 10.2. The van der Waals surface area contributed by atoms with Gasteiger partial charge in [-0.1, -0.05) is 29.3 Å². The minimum Gasteiger partial charge on any atom is -0.352 e. The van der Waals surface area contributed by atoms with Crippen LogP contribution in [0.25, 0.3) is 6.08 Å². The molecule has 7 heteroatoms. The summed E-state index contributed by atoms with van der Waals surface area (Å²) in [6.07, 6.45) is 5.34. The van der Waals surface area contributed by atoms with E-state index in [4.69, 9.17) is 23.2 Å². The Morgan fingerprint density at radius 1 is 1.12 bits per heavy atom. The molecule has 0 radical (unpaired) electrons. The quantitative estimate of drug-likeness (QED) is 0.796. The van der Waals surface area contributed by atoms with E-state index in [1.165, 1.54) is 6.08 Å². The maximum absolute atomic E-state index is 12.3. The summed E-state index contributed by atoms with van der Waals surface area (Å²) in [7, 11) is 0. The molecule has 0 spiro atoms. The number of carbonyl (C=O) groups is 2. The molecule has 1 saturated carbocycles.